The maximum Gasteiger partial charge on any atom is 0.143 e. The minimum atomic E-state index is -0.169. The molecular weight excluding hydrogens is 292 g/mol. The lowest BCUT2D eigenvalue weighted by Crippen LogP contribution is -2.13. The molecule has 1 unspecified atom stereocenters. The van der Waals surface area contributed by atoms with Crippen molar-refractivity contribution in [2.45, 2.75) is 18.2 Å². The van der Waals surface area contributed by atoms with Crippen LogP contribution in [0.4, 0.5) is 0 Å². The summed E-state index contributed by atoms with van der Waals surface area (Å²) in [5.41, 5.74) is 1.08. The number of methoxy groups -OCH3 is 1. The molecule has 0 N–H and O–H groups in total. The topological polar surface area (TPSA) is 26.3 Å². The fraction of sp³-hybridized carbons (Fsp3) is 0.267. The zero-order valence-electron chi connectivity index (χ0n) is 10.4. The van der Waals surface area contributed by atoms with E-state index in [-0.39, 0.29) is 10.6 Å². The van der Waals surface area contributed by atoms with Crippen LogP contribution < -0.4 is 4.74 Å². The van der Waals surface area contributed by atoms with Crippen LogP contribution in [0.2, 0.25) is 0 Å². The van der Waals surface area contributed by atoms with E-state index < -0.39 is 0 Å². The molecule has 0 bridgehead atoms. The Morgan fingerprint density at radius 2 is 2.00 bits per heavy atom. The van der Waals surface area contributed by atoms with Crippen molar-refractivity contribution < 1.29 is 9.53 Å². The number of halogens is 1. The quantitative estimate of drug-likeness (QED) is 0.804. The van der Waals surface area contributed by atoms with E-state index >= 15 is 0 Å². The summed E-state index contributed by atoms with van der Waals surface area (Å²) in [5.74, 6) is 0.962. The van der Waals surface area contributed by atoms with Gasteiger partial charge in [0, 0.05) is 5.56 Å². The SMILES string of the molecule is COc1ccc2ccccc2c1CC(Br)C(C)=O. The summed E-state index contributed by atoms with van der Waals surface area (Å²) in [6.45, 7) is 1.59. The van der Waals surface area contributed by atoms with E-state index in [4.69, 9.17) is 4.74 Å². The second-order valence-electron chi connectivity index (χ2n) is 4.25. The molecule has 2 nitrogen and oxygen atoms in total. The van der Waals surface area contributed by atoms with Gasteiger partial charge in [-0.1, -0.05) is 46.3 Å². The summed E-state index contributed by atoms with van der Waals surface area (Å²) in [7, 11) is 1.66. The number of ether oxygens (including phenoxy) is 1. The monoisotopic (exact) mass is 306 g/mol. The van der Waals surface area contributed by atoms with Gasteiger partial charge < -0.3 is 4.74 Å². The van der Waals surface area contributed by atoms with Crippen molar-refractivity contribution in [3.63, 3.8) is 0 Å². The van der Waals surface area contributed by atoms with Crippen molar-refractivity contribution in [3.05, 3.63) is 42.0 Å². The molecule has 0 spiro atoms. The van der Waals surface area contributed by atoms with E-state index in [2.05, 4.69) is 28.1 Å². The smallest absolute Gasteiger partial charge is 0.143 e. The molecule has 18 heavy (non-hydrogen) atoms. The van der Waals surface area contributed by atoms with Gasteiger partial charge in [-0.25, -0.2) is 0 Å². The molecule has 3 heteroatoms. The lowest BCUT2D eigenvalue weighted by Gasteiger charge is -2.14. The van der Waals surface area contributed by atoms with Crippen LogP contribution in [-0.4, -0.2) is 17.7 Å². The van der Waals surface area contributed by atoms with Crippen LogP contribution in [0, 0.1) is 0 Å². The molecule has 0 saturated carbocycles. The molecule has 1 atom stereocenters. The van der Waals surface area contributed by atoms with Crippen LogP contribution in [-0.2, 0) is 11.2 Å². The number of carbonyl (C=O) groups excluding carboxylic acids is 1. The maximum absolute atomic E-state index is 11.4. The largest absolute Gasteiger partial charge is 0.496 e. The van der Waals surface area contributed by atoms with Crippen molar-refractivity contribution >= 4 is 32.5 Å². The Morgan fingerprint density at radius 3 is 2.67 bits per heavy atom. The van der Waals surface area contributed by atoms with Crippen LogP contribution in [0.3, 0.4) is 0 Å². The van der Waals surface area contributed by atoms with Gasteiger partial charge in [0.1, 0.15) is 11.5 Å². The number of rotatable bonds is 4. The first-order valence-corrected chi connectivity index (χ1v) is 6.74. The summed E-state index contributed by atoms with van der Waals surface area (Å²) in [5, 5.41) is 2.30. The van der Waals surface area contributed by atoms with Crippen molar-refractivity contribution in [1.82, 2.24) is 0 Å². The highest BCUT2D eigenvalue weighted by atomic mass is 79.9. The predicted molar refractivity (Wildman–Crippen MR) is 77.6 cm³/mol. The standard InChI is InChI=1S/C15H15BrO2/c1-10(17)14(16)9-13-12-6-4-3-5-11(12)7-8-15(13)18-2/h3-8,14H,9H2,1-2H3. The number of benzene rings is 2. The van der Waals surface area contributed by atoms with Gasteiger partial charge in [-0.15, -0.1) is 0 Å². The number of fused-ring (bicyclic) bond motifs is 1. The Labute approximate surface area is 115 Å². The summed E-state index contributed by atoms with van der Waals surface area (Å²) in [6, 6.07) is 12.1. The first-order valence-electron chi connectivity index (χ1n) is 5.82. The van der Waals surface area contributed by atoms with Gasteiger partial charge in [-0.05, 0) is 30.2 Å². The highest BCUT2D eigenvalue weighted by molar-refractivity contribution is 9.10. The van der Waals surface area contributed by atoms with Gasteiger partial charge in [0.25, 0.3) is 0 Å². The highest BCUT2D eigenvalue weighted by Crippen LogP contribution is 2.30. The molecule has 2 aromatic carbocycles. The molecule has 0 amide bonds. The highest BCUT2D eigenvalue weighted by Gasteiger charge is 2.16. The van der Waals surface area contributed by atoms with E-state index in [1.807, 2.05) is 24.3 Å². The van der Waals surface area contributed by atoms with Crippen molar-refractivity contribution in [3.8, 4) is 5.75 Å². The molecule has 0 aliphatic rings. The molecule has 0 saturated heterocycles. The average Bonchev–Trinajstić information content (AvgIpc) is 2.39. The first-order chi connectivity index (χ1) is 8.63. The van der Waals surface area contributed by atoms with E-state index in [9.17, 15) is 4.79 Å². The van der Waals surface area contributed by atoms with Gasteiger partial charge in [-0.2, -0.15) is 0 Å². The second-order valence-corrected chi connectivity index (χ2v) is 5.36. The number of hydrogen-bond donors (Lipinski definition) is 0. The van der Waals surface area contributed by atoms with E-state index in [1.54, 1.807) is 14.0 Å². The Morgan fingerprint density at radius 1 is 1.28 bits per heavy atom. The Kier molecular flexibility index (Phi) is 4.02. The Bertz CT molecular complexity index is 578. The van der Waals surface area contributed by atoms with Crippen LogP contribution in [0.15, 0.2) is 36.4 Å². The summed E-state index contributed by atoms with van der Waals surface area (Å²) in [4.78, 5) is 11.2. The third kappa shape index (κ3) is 2.56. The van der Waals surface area contributed by atoms with E-state index in [0.29, 0.717) is 6.42 Å². The van der Waals surface area contributed by atoms with Crippen molar-refractivity contribution in [2.75, 3.05) is 7.11 Å². The lowest BCUT2D eigenvalue weighted by atomic mass is 9.99. The number of carbonyl (C=O) groups is 1. The van der Waals surface area contributed by atoms with Crippen molar-refractivity contribution in [2.24, 2.45) is 0 Å². The Balaban J connectivity index is 2.54. The lowest BCUT2D eigenvalue weighted by molar-refractivity contribution is -0.116. The van der Waals surface area contributed by atoms with E-state index in [0.717, 1.165) is 22.1 Å². The number of hydrogen-bond acceptors (Lipinski definition) is 2. The molecule has 2 aromatic rings. The molecule has 0 heterocycles. The fourth-order valence-electron chi connectivity index (χ4n) is 2.04. The van der Waals surface area contributed by atoms with Gasteiger partial charge >= 0.3 is 0 Å². The maximum atomic E-state index is 11.4. The second kappa shape index (κ2) is 5.53. The molecule has 94 valence electrons. The van der Waals surface area contributed by atoms with Crippen molar-refractivity contribution in [1.29, 1.82) is 0 Å². The molecule has 2 rings (SSSR count). The van der Waals surface area contributed by atoms with Gasteiger partial charge in [-0.3, -0.25) is 4.79 Å². The van der Waals surface area contributed by atoms with Crippen LogP contribution >= 0.6 is 15.9 Å². The molecule has 0 radical (unpaired) electrons. The van der Waals surface area contributed by atoms with E-state index in [1.165, 1.54) is 0 Å². The van der Waals surface area contributed by atoms with Gasteiger partial charge in [0.15, 0.2) is 0 Å². The average molecular weight is 307 g/mol. The molecule has 0 aliphatic carbocycles. The number of ketones is 1. The zero-order chi connectivity index (χ0) is 13.1. The number of alkyl halides is 1. The van der Waals surface area contributed by atoms with Crippen LogP contribution in [0.1, 0.15) is 12.5 Å². The van der Waals surface area contributed by atoms with Crippen LogP contribution in [0.25, 0.3) is 10.8 Å². The van der Waals surface area contributed by atoms with Gasteiger partial charge in [0.2, 0.25) is 0 Å². The first kappa shape index (κ1) is 13.1. The Hall–Kier alpha value is -1.35. The molecular formula is C15H15BrO2. The zero-order valence-corrected chi connectivity index (χ0v) is 12.0. The minimum Gasteiger partial charge on any atom is -0.496 e. The molecule has 0 aromatic heterocycles. The summed E-state index contributed by atoms with van der Waals surface area (Å²) in [6.07, 6.45) is 0.639. The predicted octanol–water partition coefficient (Wildman–Crippen LogP) is 3.74. The molecule has 0 fully saturated rings. The summed E-state index contributed by atoms with van der Waals surface area (Å²) < 4.78 is 5.40. The minimum absolute atomic E-state index is 0.130. The summed E-state index contributed by atoms with van der Waals surface area (Å²) >= 11 is 3.42. The fourth-order valence-corrected chi connectivity index (χ4v) is 2.36. The third-order valence-corrected chi connectivity index (χ3v) is 4.01. The van der Waals surface area contributed by atoms with Gasteiger partial charge in [0.05, 0.1) is 11.9 Å². The van der Waals surface area contributed by atoms with Crippen LogP contribution in [0.5, 0.6) is 5.75 Å². The number of Topliss-reactive ketones (excluding diaryl/α,β-unsaturated/α-hetero) is 1. The molecule has 0 aliphatic heterocycles. The normalized spacial score (nSPS) is 12.4. The third-order valence-electron chi connectivity index (χ3n) is 3.04.